The molecule has 2 rings (SSSR count). The van der Waals surface area contributed by atoms with Gasteiger partial charge in [0.1, 0.15) is 0 Å². The fraction of sp³-hybridized carbons (Fsp3) is 0.875. The van der Waals surface area contributed by atoms with E-state index in [9.17, 15) is 0 Å². The van der Waals surface area contributed by atoms with Crippen LogP contribution in [0.1, 0.15) is 51.9 Å². The molecule has 3 atom stereocenters. The van der Waals surface area contributed by atoms with E-state index < -0.39 is 0 Å². The maximum Gasteiger partial charge on any atom is 0.00994 e. The van der Waals surface area contributed by atoms with Gasteiger partial charge in [0.05, 0.1) is 0 Å². The molecule has 0 amide bonds. The van der Waals surface area contributed by atoms with Crippen LogP contribution in [0.5, 0.6) is 0 Å². The number of rotatable bonds is 7. The Morgan fingerprint density at radius 2 is 2.00 bits per heavy atom. The van der Waals surface area contributed by atoms with Gasteiger partial charge in [0.25, 0.3) is 0 Å². The van der Waals surface area contributed by atoms with E-state index in [1.807, 2.05) is 0 Å². The van der Waals surface area contributed by atoms with E-state index in [4.69, 9.17) is 0 Å². The Labute approximate surface area is 113 Å². The minimum absolute atomic E-state index is 0.722. The van der Waals surface area contributed by atoms with Crippen LogP contribution in [0.4, 0.5) is 0 Å². The Bertz CT molecular complexity index is 250. The van der Waals surface area contributed by atoms with Crippen LogP contribution in [0.3, 0.4) is 0 Å². The first-order valence-electron chi connectivity index (χ1n) is 7.82. The van der Waals surface area contributed by atoms with Gasteiger partial charge in [-0.2, -0.15) is 0 Å². The molecule has 104 valence electrons. The molecule has 0 saturated carbocycles. The summed E-state index contributed by atoms with van der Waals surface area (Å²) in [4.78, 5) is 2.64. The van der Waals surface area contributed by atoms with Crippen LogP contribution < -0.4 is 5.32 Å². The van der Waals surface area contributed by atoms with Gasteiger partial charge in [-0.15, -0.1) is 6.58 Å². The summed E-state index contributed by atoms with van der Waals surface area (Å²) in [5, 5.41) is 3.79. The number of fused-ring (bicyclic) bond motifs is 2. The van der Waals surface area contributed by atoms with E-state index in [-0.39, 0.29) is 0 Å². The lowest BCUT2D eigenvalue weighted by Crippen LogP contribution is -2.47. The molecule has 2 nitrogen and oxygen atoms in total. The van der Waals surface area contributed by atoms with Gasteiger partial charge in [-0.3, -0.25) is 0 Å². The van der Waals surface area contributed by atoms with Crippen LogP contribution in [-0.4, -0.2) is 36.6 Å². The zero-order valence-corrected chi connectivity index (χ0v) is 12.2. The van der Waals surface area contributed by atoms with Gasteiger partial charge in [-0.25, -0.2) is 0 Å². The van der Waals surface area contributed by atoms with Crippen molar-refractivity contribution in [3.05, 3.63) is 12.7 Å². The molecule has 18 heavy (non-hydrogen) atoms. The highest BCUT2D eigenvalue weighted by atomic mass is 15.2. The third-order valence-electron chi connectivity index (χ3n) is 5.04. The number of nitrogens with zero attached hydrogens (tertiary/aromatic N) is 1. The summed E-state index contributed by atoms with van der Waals surface area (Å²) in [7, 11) is 2.33. The number of hydrogen-bond acceptors (Lipinski definition) is 2. The maximum absolute atomic E-state index is 3.88. The molecule has 2 heterocycles. The molecule has 0 aromatic rings. The zero-order chi connectivity index (χ0) is 13.0. The van der Waals surface area contributed by atoms with Crippen molar-refractivity contribution in [1.82, 2.24) is 10.2 Å². The SMILES string of the molecule is C=CCCC(NCCC)C1CC2CCC(C1)N2C. The molecule has 0 aliphatic carbocycles. The van der Waals surface area contributed by atoms with Crippen molar-refractivity contribution in [2.24, 2.45) is 5.92 Å². The summed E-state index contributed by atoms with van der Waals surface area (Å²) in [6.07, 6.45) is 11.4. The second-order valence-electron chi connectivity index (χ2n) is 6.21. The second-order valence-corrected chi connectivity index (χ2v) is 6.21. The minimum atomic E-state index is 0.722. The quantitative estimate of drug-likeness (QED) is 0.698. The molecule has 1 N–H and O–H groups in total. The van der Waals surface area contributed by atoms with Crippen LogP contribution in [0, 0.1) is 5.92 Å². The molecular formula is C16H30N2. The Morgan fingerprint density at radius 1 is 1.33 bits per heavy atom. The van der Waals surface area contributed by atoms with Crippen molar-refractivity contribution >= 4 is 0 Å². The van der Waals surface area contributed by atoms with Crippen LogP contribution >= 0.6 is 0 Å². The van der Waals surface area contributed by atoms with Gasteiger partial charge in [0.2, 0.25) is 0 Å². The molecule has 2 heteroatoms. The number of hydrogen-bond donors (Lipinski definition) is 1. The highest BCUT2D eigenvalue weighted by Gasteiger charge is 2.40. The van der Waals surface area contributed by atoms with Crippen molar-refractivity contribution in [2.75, 3.05) is 13.6 Å². The first-order valence-corrected chi connectivity index (χ1v) is 7.82. The van der Waals surface area contributed by atoms with Crippen molar-refractivity contribution in [3.63, 3.8) is 0 Å². The van der Waals surface area contributed by atoms with Gasteiger partial charge in [-0.1, -0.05) is 13.0 Å². The van der Waals surface area contributed by atoms with E-state index in [1.54, 1.807) is 0 Å². The van der Waals surface area contributed by atoms with Crippen LogP contribution in [0.2, 0.25) is 0 Å². The van der Waals surface area contributed by atoms with E-state index in [1.165, 1.54) is 45.1 Å². The van der Waals surface area contributed by atoms with Crippen molar-refractivity contribution in [3.8, 4) is 0 Å². The van der Waals surface area contributed by atoms with Gasteiger partial charge >= 0.3 is 0 Å². The molecule has 2 aliphatic heterocycles. The average molecular weight is 250 g/mol. The third-order valence-corrected chi connectivity index (χ3v) is 5.04. The van der Waals surface area contributed by atoms with E-state index in [2.05, 4.69) is 36.8 Å². The molecule has 2 fully saturated rings. The van der Waals surface area contributed by atoms with E-state index in [0.29, 0.717) is 0 Å². The number of piperidine rings is 1. The summed E-state index contributed by atoms with van der Waals surface area (Å²) in [5.74, 6) is 0.894. The average Bonchev–Trinajstić information content (AvgIpc) is 2.62. The maximum atomic E-state index is 3.88. The first-order chi connectivity index (χ1) is 8.76. The summed E-state index contributed by atoms with van der Waals surface area (Å²) in [6.45, 7) is 7.31. The van der Waals surface area contributed by atoms with Gasteiger partial charge < -0.3 is 10.2 Å². The summed E-state index contributed by atoms with van der Waals surface area (Å²) < 4.78 is 0. The normalized spacial score (nSPS) is 33.6. The van der Waals surface area contributed by atoms with Crippen LogP contribution in [0.25, 0.3) is 0 Å². The van der Waals surface area contributed by atoms with E-state index >= 15 is 0 Å². The summed E-state index contributed by atoms with van der Waals surface area (Å²) >= 11 is 0. The summed E-state index contributed by atoms with van der Waals surface area (Å²) in [5.41, 5.74) is 0. The predicted molar refractivity (Wildman–Crippen MR) is 78.8 cm³/mol. The van der Waals surface area contributed by atoms with Gasteiger partial charge in [0, 0.05) is 18.1 Å². The number of allylic oxidation sites excluding steroid dienone is 1. The number of nitrogens with one attached hydrogen (secondary N) is 1. The minimum Gasteiger partial charge on any atom is -0.314 e. The van der Waals surface area contributed by atoms with Gasteiger partial charge in [-0.05, 0) is 64.5 Å². The lowest BCUT2D eigenvalue weighted by Gasteiger charge is -2.40. The lowest BCUT2D eigenvalue weighted by molar-refractivity contribution is 0.110. The Hall–Kier alpha value is -0.340. The largest absolute Gasteiger partial charge is 0.314 e. The standard InChI is InChI=1S/C16H30N2/c1-4-6-7-16(17-10-5-2)13-11-14-8-9-15(12-13)18(14)3/h4,13-17H,1,5-12H2,2-3H3. The summed E-state index contributed by atoms with van der Waals surface area (Å²) in [6, 6.07) is 2.45. The zero-order valence-electron chi connectivity index (χ0n) is 12.2. The molecule has 3 unspecified atom stereocenters. The van der Waals surface area contributed by atoms with Crippen molar-refractivity contribution < 1.29 is 0 Å². The van der Waals surface area contributed by atoms with Crippen LogP contribution in [0.15, 0.2) is 12.7 Å². The van der Waals surface area contributed by atoms with Crippen LogP contribution in [-0.2, 0) is 0 Å². The monoisotopic (exact) mass is 250 g/mol. The predicted octanol–water partition coefficient (Wildman–Crippen LogP) is 3.19. The third kappa shape index (κ3) is 3.16. The lowest BCUT2D eigenvalue weighted by atomic mass is 9.83. The molecule has 0 spiro atoms. The molecule has 0 aromatic heterocycles. The molecular weight excluding hydrogens is 220 g/mol. The topological polar surface area (TPSA) is 15.3 Å². The molecule has 2 saturated heterocycles. The first kappa shape index (κ1) is 14.1. The molecule has 2 bridgehead atoms. The van der Waals surface area contributed by atoms with Crippen molar-refractivity contribution in [1.29, 1.82) is 0 Å². The molecule has 2 aliphatic rings. The Balaban J connectivity index is 1.91. The van der Waals surface area contributed by atoms with Crippen molar-refractivity contribution in [2.45, 2.75) is 70.0 Å². The fourth-order valence-electron chi connectivity index (χ4n) is 3.91. The Kier molecular flexibility index (Phi) is 5.25. The molecule has 0 aromatic carbocycles. The fourth-order valence-corrected chi connectivity index (χ4v) is 3.91. The Morgan fingerprint density at radius 3 is 2.56 bits per heavy atom. The highest BCUT2D eigenvalue weighted by Crippen LogP contribution is 2.39. The van der Waals surface area contributed by atoms with E-state index in [0.717, 1.165) is 30.5 Å². The smallest absolute Gasteiger partial charge is 0.00994 e. The second kappa shape index (κ2) is 6.72. The molecule has 0 radical (unpaired) electrons. The highest BCUT2D eigenvalue weighted by molar-refractivity contribution is 4.97. The van der Waals surface area contributed by atoms with Gasteiger partial charge in [0.15, 0.2) is 0 Å².